The van der Waals surface area contributed by atoms with Crippen LogP contribution in [0.4, 0.5) is 8.78 Å². The first-order valence-electron chi connectivity index (χ1n) is 7.13. The number of carbonyl (C=O) groups excluding carboxylic acids is 1. The van der Waals surface area contributed by atoms with Crippen LogP contribution in [0.1, 0.15) is 10.4 Å². The Morgan fingerprint density at radius 3 is 2.70 bits per heavy atom. The van der Waals surface area contributed by atoms with Gasteiger partial charge in [-0.2, -0.15) is 0 Å². The first-order chi connectivity index (χ1) is 11.0. The number of carbonyl (C=O) groups is 1. The molecule has 4 nitrogen and oxygen atoms in total. The van der Waals surface area contributed by atoms with Crippen LogP contribution < -0.4 is 9.47 Å². The zero-order chi connectivity index (χ0) is 16.4. The molecule has 6 heteroatoms. The van der Waals surface area contributed by atoms with Crippen molar-refractivity contribution in [2.24, 2.45) is 0 Å². The number of hydrogen-bond donors (Lipinski definition) is 0. The number of ether oxygens (including phenoxy) is 2. The molecule has 1 amide bonds. The molecule has 23 heavy (non-hydrogen) atoms. The smallest absolute Gasteiger partial charge is 0.256 e. The van der Waals surface area contributed by atoms with Gasteiger partial charge in [0.25, 0.3) is 5.91 Å². The zero-order valence-corrected chi connectivity index (χ0v) is 12.5. The van der Waals surface area contributed by atoms with Crippen molar-refractivity contribution in [2.45, 2.75) is 6.10 Å². The van der Waals surface area contributed by atoms with Crippen LogP contribution in [-0.4, -0.2) is 37.1 Å². The van der Waals surface area contributed by atoms with Crippen molar-refractivity contribution in [1.82, 2.24) is 4.90 Å². The summed E-state index contributed by atoms with van der Waals surface area (Å²) in [6.07, 6.45) is -0.359. The summed E-state index contributed by atoms with van der Waals surface area (Å²) in [4.78, 5) is 13.6. The van der Waals surface area contributed by atoms with Gasteiger partial charge in [0.15, 0.2) is 17.6 Å². The monoisotopic (exact) mass is 319 g/mol. The Balaban J connectivity index is 1.67. The molecule has 3 rings (SSSR count). The van der Waals surface area contributed by atoms with Crippen LogP contribution in [-0.2, 0) is 0 Å². The molecule has 0 saturated heterocycles. The third kappa shape index (κ3) is 3.26. The van der Waals surface area contributed by atoms with E-state index < -0.39 is 17.5 Å². The van der Waals surface area contributed by atoms with Gasteiger partial charge in [-0.25, -0.2) is 8.78 Å². The van der Waals surface area contributed by atoms with Crippen LogP contribution in [0.25, 0.3) is 0 Å². The number of rotatable bonds is 3. The number of benzene rings is 2. The van der Waals surface area contributed by atoms with Crippen molar-refractivity contribution in [2.75, 3.05) is 20.2 Å². The summed E-state index contributed by atoms with van der Waals surface area (Å²) in [5.41, 5.74) is -0.175. The number of nitrogens with zero attached hydrogens (tertiary/aromatic N) is 1. The molecular weight excluding hydrogens is 304 g/mol. The van der Waals surface area contributed by atoms with Gasteiger partial charge in [-0.3, -0.25) is 4.79 Å². The topological polar surface area (TPSA) is 38.8 Å². The van der Waals surface area contributed by atoms with Gasteiger partial charge in [0.2, 0.25) is 0 Å². The van der Waals surface area contributed by atoms with Crippen LogP contribution in [0.5, 0.6) is 11.5 Å². The van der Waals surface area contributed by atoms with Gasteiger partial charge in [-0.05, 0) is 24.3 Å². The molecular formula is C17H15F2NO3. The molecule has 0 fully saturated rings. The average Bonchev–Trinajstić information content (AvgIpc) is 2.54. The van der Waals surface area contributed by atoms with Crippen molar-refractivity contribution in [3.63, 3.8) is 0 Å². The van der Waals surface area contributed by atoms with Gasteiger partial charge in [-0.1, -0.05) is 12.1 Å². The lowest BCUT2D eigenvalue weighted by Crippen LogP contribution is -2.42. The third-order valence-electron chi connectivity index (χ3n) is 3.55. The number of likely N-dealkylation sites (N-methyl/N-ethyl adjacent to an activating group) is 1. The first-order valence-corrected chi connectivity index (χ1v) is 7.13. The molecule has 120 valence electrons. The molecule has 0 N–H and O–H groups in total. The molecule has 1 atom stereocenters. The predicted molar refractivity (Wildman–Crippen MR) is 79.7 cm³/mol. The SMILES string of the molecule is CN(CC1COc2ccccc2O1)C(=O)c1ccc(F)cc1F. The summed E-state index contributed by atoms with van der Waals surface area (Å²) in [5, 5.41) is 0. The Morgan fingerprint density at radius 2 is 1.96 bits per heavy atom. The van der Waals surface area contributed by atoms with Gasteiger partial charge in [-0.15, -0.1) is 0 Å². The van der Waals surface area contributed by atoms with Crippen molar-refractivity contribution < 1.29 is 23.0 Å². The van der Waals surface area contributed by atoms with E-state index in [1.807, 2.05) is 12.1 Å². The molecule has 0 aliphatic carbocycles. The van der Waals surface area contributed by atoms with E-state index in [0.717, 1.165) is 12.1 Å². The second kappa shape index (κ2) is 6.24. The number of fused-ring (bicyclic) bond motifs is 1. The summed E-state index contributed by atoms with van der Waals surface area (Å²) >= 11 is 0. The molecule has 0 aromatic heterocycles. The predicted octanol–water partition coefficient (Wildman–Crippen LogP) is 2.88. The number of amides is 1. The summed E-state index contributed by atoms with van der Waals surface area (Å²) in [6.45, 7) is 0.518. The molecule has 1 heterocycles. The van der Waals surface area contributed by atoms with Gasteiger partial charge >= 0.3 is 0 Å². The van der Waals surface area contributed by atoms with Crippen LogP contribution in [0, 0.1) is 11.6 Å². The van der Waals surface area contributed by atoms with Gasteiger partial charge in [0, 0.05) is 13.1 Å². The number of para-hydroxylation sites is 2. The molecule has 0 bridgehead atoms. The lowest BCUT2D eigenvalue weighted by atomic mass is 10.1. The summed E-state index contributed by atoms with van der Waals surface area (Å²) in [7, 11) is 1.54. The lowest BCUT2D eigenvalue weighted by molar-refractivity contribution is 0.0518. The van der Waals surface area contributed by atoms with Crippen molar-refractivity contribution in [1.29, 1.82) is 0 Å². The van der Waals surface area contributed by atoms with E-state index in [2.05, 4.69) is 0 Å². The fraction of sp³-hybridized carbons (Fsp3) is 0.235. The van der Waals surface area contributed by atoms with Crippen LogP contribution >= 0.6 is 0 Å². The molecule has 0 radical (unpaired) electrons. The summed E-state index contributed by atoms with van der Waals surface area (Å²) in [6, 6.07) is 10.1. The largest absolute Gasteiger partial charge is 0.486 e. The number of hydrogen-bond acceptors (Lipinski definition) is 3. The molecule has 2 aromatic rings. The highest BCUT2D eigenvalue weighted by molar-refractivity contribution is 5.94. The van der Waals surface area contributed by atoms with E-state index in [9.17, 15) is 13.6 Å². The number of halogens is 2. The van der Waals surface area contributed by atoms with E-state index in [0.29, 0.717) is 24.2 Å². The van der Waals surface area contributed by atoms with Crippen molar-refractivity contribution >= 4 is 5.91 Å². The maximum Gasteiger partial charge on any atom is 0.256 e. The van der Waals surface area contributed by atoms with Crippen LogP contribution in [0.2, 0.25) is 0 Å². The quantitative estimate of drug-likeness (QED) is 0.873. The van der Waals surface area contributed by atoms with Gasteiger partial charge in [0.1, 0.15) is 18.2 Å². The van der Waals surface area contributed by atoms with Gasteiger partial charge < -0.3 is 14.4 Å². The summed E-state index contributed by atoms with van der Waals surface area (Å²) < 4.78 is 38.0. The molecule has 1 unspecified atom stereocenters. The van der Waals surface area contributed by atoms with E-state index in [-0.39, 0.29) is 18.2 Å². The Bertz CT molecular complexity index is 736. The molecule has 0 spiro atoms. The maximum atomic E-state index is 13.7. The maximum absolute atomic E-state index is 13.7. The Hall–Kier alpha value is -2.63. The Morgan fingerprint density at radius 1 is 1.22 bits per heavy atom. The standard InChI is InChI=1S/C17H15F2NO3/c1-20(17(21)13-7-6-11(18)8-14(13)19)9-12-10-22-15-4-2-3-5-16(15)23-12/h2-8,12H,9-10H2,1H3. The van der Waals surface area contributed by atoms with E-state index in [1.54, 1.807) is 12.1 Å². The van der Waals surface area contributed by atoms with Crippen LogP contribution in [0.3, 0.4) is 0 Å². The highest BCUT2D eigenvalue weighted by atomic mass is 19.1. The molecule has 1 aliphatic heterocycles. The van der Waals surface area contributed by atoms with E-state index in [4.69, 9.17) is 9.47 Å². The van der Waals surface area contributed by atoms with Crippen molar-refractivity contribution in [3.05, 3.63) is 59.7 Å². The Labute approximate surface area is 132 Å². The zero-order valence-electron chi connectivity index (χ0n) is 12.5. The highest BCUT2D eigenvalue weighted by Crippen LogP contribution is 2.31. The van der Waals surface area contributed by atoms with E-state index >= 15 is 0 Å². The van der Waals surface area contributed by atoms with Gasteiger partial charge in [0.05, 0.1) is 12.1 Å². The van der Waals surface area contributed by atoms with Crippen molar-refractivity contribution in [3.8, 4) is 11.5 Å². The average molecular weight is 319 g/mol. The fourth-order valence-electron chi connectivity index (χ4n) is 2.41. The van der Waals surface area contributed by atoms with Crippen LogP contribution in [0.15, 0.2) is 42.5 Å². The molecule has 1 aliphatic rings. The minimum Gasteiger partial charge on any atom is -0.486 e. The third-order valence-corrected chi connectivity index (χ3v) is 3.55. The minimum atomic E-state index is -0.881. The highest BCUT2D eigenvalue weighted by Gasteiger charge is 2.25. The first kappa shape index (κ1) is 15.3. The minimum absolute atomic E-state index is 0.175. The Kier molecular flexibility index (Phi) is 4.14. The second-order valence-corrected chi connectivity index (χ2v) is 5.31. The molecule has 0 saturated carbocycles. The normalized spacial score (nSPS) is 16.0. The molecule has 2 aromatic carbocycles. The lowest BCUT2D eigenvalue weighted by Gasteiger charge is -2.29. The fourth-order valence-corrected chi connectivity index (χ4v) is 2.41. The summed E-state index contributed by atoms with van der Waals surface area (Å²) in [5.74, 6) is -0.875. The second-order valence-electron chi connectivity index (χ2n) is 5.31. The van der Waals surface area contributed by atoms with E-state index in [1.165, 1.54) is 11.9 Å².